The fourth-order valence-corrected chi connectivity index (χ4v) is 4.77. The Balaban J connectivity index is 1.37. The Morgan fingerprint density at radius 2 is 1.93 bits per heavy atom. The third-order valence-corrected chi connectivity index (χ3v) is 6.49. The van der Waals surface area contributed by atoms with E-state index in [4.69, 9.17) is 4.98 Å². The summed E-state index contributed by atoms with van der Waals surface area (Å²) in [6, 6.07) is 0. The lowest BCUT2D eigenvalue weighted by Gasteiger charge is -2.30. The molecule has 0 radical (unpaired) electrons. The van der Waals surface area contributed by atoms with Gasteiger partial charge < -0.3 is 9.80 Å². The first-order valence-corrected chi connectivity index (χ1v) is 10.5. The molecule has 1 aromatic heterocycles. The minimum Gasteiger partial charge on any atom is -0.342 e. The van der Waals surface area contributed by atoms with Gasteiger partial charge in [-0.1, -0.05) is 19.3 Å². The van der Waals surface area contributed by atoms with Crippen LogP contribution in [0.5, 0.6) is 0 Å². The van der Waals surface area contributed by atoms with Crippen LogP contribution in [-0.4, -0.2) is 51.2 Å². The Labute approximate surface area is 161 Å². The zero-order valence-electron chi connectivity index (χ0n) is 16.3. The zero-order chi connectivity index (χ0) is 18.8. The number of rotatable bonds is 3. The second-order valence-electron chi connectivity index (χ2n) is 8.42. The Morgan fingerprint density at radius 3 is 2.67 bits per heavy atom. The monoisotopic (exact) mass is 370 g/mol. The first-order chi connectivity index (χ1) is 13.1. The van der Waals surface area contributed by atoms with Crippen LogP contribution in [0.2, 0.25) is 0 Å². The highest BCUT2D eigenvalue weighted by Crippen LogP contribution is 2.29. The maximum Gasteiger partial charge on any atom is 0.223 e. The molecule has 0 aromatic carbocycles. The van der Waals surface area contributed by atoms with Gasteiger partial charge in [-0.15, -0.1) is 0 Å². The molecule has 1 aromatic rings. The molecule has 0 N–H and O–H groups in total. The topological polar surface area (TPSA) is 66.4 Å². The molecule has 0 bridgehead atoms. The first-order valence-electron chi connectivity index (χ1n) is 10.5. The molecule has 4 rings (SSSR count). The number of carbonyl (C=O) groups is 2. The summed E-state index contributed by atoms with van der Waals surface area (Å²) in [5.74, 6) is 2.11. The van der Waals surface area contributed by atoms with E-state index in [0.29, 0.717) is 24.8 Å². The summed E-state index contributed by atoms with van der Waals surface area (Å²) in [6.07, 6.45) is 10.7. The number of hydrogen-bond donors (Lipinski definition) is 0. The van der Waals surface area contributed by atoms with Gasteiger partial charge >= 0.3 is 0 Å². The fraction of sp³-hybridized carbons (Fsp3) is 0.714. The van der Waals surface area contributed by atoms with Crippen LogP contribution < -0.4 is 0 Å². The molecule has 2 amide bonds. The molecule has 0 spiro atoms. The van der Waals surface area contributed by atoms with Gasteiger partial charge in [0.05, 0.1) is 5.69 Å². The zero-order valence-corrected chi connectivity index (χ0v) is 16.3. The standard InChI is InChI=1S/C21H30N4O2/c1-15(26)24-9-7-17(13-24)21-22-12-18-14-25(10-8-19(18)23-21)20(27)11-16-5-3-2-4-6-16/h12,16-17H,2-11,13-14H2,1H3/t17-/m1/s1. The van der Waals surface area contributed by atoms with Crippen molar-refractivity contribution in [1.29, 1.82) is 0 Å². The summed E-state index contributed by atoms with van der Waals surface area (Å²) in [5, 5.41) is 0. The summed E-state index contributed by atoms with van der Waals surface area (Å²) in [5.41, 5.74) is 2.17. The number of amides is 2. The number of aromatic nitrogens is 2. The average Bonchev–Trinajstić information content (AvgIpc) is 3.18. The van der Waals surface area contributed by atoms with E-state index in [2.05, 4.69) is 4.98 Å². The third kappa shape index (κ3) is 4.14. The van der Waals surface area contributed by atoms with Crippen molar-refractivity contribution in [2.24, 2.45) is 5.92 Å². The van der Waals surface area contributed by atoms with Crippen molar-refractivity contribution < 1.29 is 9.59 Å². The smallest absolute Gasteiger partial charge is 0.223 e. The Morgan fingerprint density at radius 1 is 1.11 bits per heavy atom. The summed E-state index contributed by atoms with van der Waals surface area (Å²) in [6.45, 7) is 4.55. The van der Waals surface area contributed by atoms with Gasteiger partial charge in [0.1, 0.15) is 5.82 Å². The molecule has 27 heavy (non-hydrogen) atoms. The molecular weight excluding hydrogens is 340 g/mol. The van der Waals surface area contributed by atoms with Gasteiger partial charge in [0, 0.05) is 63.6 Å². The van der Waals surface area contributed by atoms with E-state index in [1.807, 2.05) is 16.0 Å². The van der Waals surface area contributed by atoms with Crippen LogP contribution in [0.1, 0.15) is 74.9 Å². The van der Waals surface area contributed by atoms with Gasteiger partial charge in [-0.05, 0) is 25.2 Å². The SMILES string of the molecule is CC(=O)N1CC[C@@H](c2ncc3c(n2)CCN(C(=O)CC2CCCCC2)C3)C1. The molecule has 0 unspecified atom stereocenters. The molecule has 146 valence electrons. The van der Waals surface area contributed by atoms with E-state index in [1.54, 1.807) is 6.92 Å². The molecule has 1 atom stereocenters. The van der Waals surface area contributed by atoms with Gasteiger partial charge in [-0.3, -0.25) is 9.59 Å². The van der Waals surface area contributed by atoms with Crippen molar-refractivity contribution in [2.75, 3.05) is 19.6 Å². The van der Waals surface area contributed by atoms with Crippen molar-refractivity contribution in [3.8, 4) is 0 Å². The highest BCUT2D eigenvalue weighted by Gasteiger charge is 2.29. The largest absolute Gasteiger partial charge is 0.342 e. The van der Waals surface area contributed by atoms with E-state index in [9.17, 15) is 9.59 Å². The average molecular weight is 370 g/mol. The minimum absolute atomic E-state index is 0.127. The molecule has 2 aliphatic heterocycles. The van der Waals surface area contributed by atoms with Crippen molar-refractivity contribution in [1.82, 2.24) is 19.8 Å². The van der Waals surface area contributed by atoms with Crippen molar-refractivity contribution in [3.63, 3.8) is 0 Å². The molecule has 3 heterocycles. The third-order valence-electron chi connectivity index (χ3n) is 6.49. The van der Waals surface area contributed by atoms with Gasteiger partial charge in [-0.2, -0.15) is 0 Å². The van der Waals surface area contributed by atoms with E-state index in [0.717, 1.165) is 49.6 Å². The summed E-state index contributed by atoms with van der Waals surface area (Å²) >= 11 is 0. The maximum atomic E-state index is 12.7. The molecular formula is C21H30N4O2. The number of nitrogens with zero attached hydrogens (tertiary/aromatic N) is 4. The van der Waals surface area contributed by atoms with Crippen molar-refractivity contribution in [2.45, 2.75) is 70.8 Å². The normalized spacial score (nSPS) is 23.4. The predicted octanol–water partition coefficient (Wildman–Crippen LogP) is 2.67. The lowest BCUT2D eigenvalue weighted by Crippen LogP contribution is -2.37. The van der Waals surface area contributed by atoms with Crippen molar-refractivity contribution in [3.05, 3.63) is 23.3 Å². The maximum absolute atomic E-state index is 12.7. The Hall–Kier alpha value is -1.98. The lowest BCUT2D eigenvalue weighted by molar-refractivity contribution is -0.133. The molecule has 3 aliphatic rings. The fourth-order valence-electron chi connectivity index (χ4n) is 4.77. The lowest BCUT2D eigenvalue weighted by atomic mass is 9.86. The molecule has 6 heteroatoms. The molecule has 1 saturated heterocycles. The summed E-state index contributed by atoms with van der Waals surface area (Å²) in [7, 11) is 0. The second-order valence-corrected chi connectivity index (χ2v) is 8.42. The predicted molar refractivity (Wildman–Crippen MR) is 102 cm³/mol. The van der Waals surface area contributed by atoms with Gasteiger partial charge in [-0.25, -0.2) is 9.97 Å². The summed E-state index contributed by atoms with van der Waals surface area (Å²) in [4.78, 5) is 37.5. The molecule has 1 aliphatic carbocycles. The van der Waals surface area contributed by atoms with Crippen LogP contribution in [0.15, 0.2) is 6.20 Å². The first kappa shape index (κ1) is 18.4. The van der Waals surface area contributed by atoms with E-state index in [1.165, 1.54) is 32.1 Å². The number of fused-ring (bicyclic) bond motifs is 1. The number of likely N-dealkylation sites (tertiary alicyclic amines) is 1. The molecule has 1 saturated carbocycles. The van der Waals surface area contributed by atoms with E-state index >= 15 is 0 Å². The number of carbonyl (C=O) groups excluding carboxylic acids is 2. The second kappa shape index (κ2) is 7.95. The van der Waals surface area contributed by atoms with Crippen LogP contribution in [-0.2, 0) is 22.6 Å². The van der Waals surface area contributed by atoms with Crippen LogP contribution >= 0.6 is 0 Å². The number of hydrogen-bond acceptors (Lipinski definition) is 4. The minimum atomic E-state index is 0.127. The van der Waals surface area contributed by atoms with E-state index in [-0.39, 0.29) is 11.8 Å². The van der Waals surface area contributed by atoms with Crippen LogP contribution in [0.4, 0.5) is 0 Å². The highest BCUT2D eigenvalue weighted by atomic mass is 16.2. The Kier molecular flexibility index (Phi) is 5.41. The molecule has 2 fully saturated rings. The van der Waals surface area contributed by atoms with Crippen molar-refractivity contribution >= 4 is 11.8 Å². The quantitative estimate of drug-likeness (QED) is 0.820. The highest BCUT2D eigenvalue weighted by molar-refractivity contribution is 5.76. The van der Waals surface area contributed by atoms with Gasteiger partial charge in [0.15, 0.2) is 0 Å². The van der Waals surface area contributed by atoms with Gasteiger partial charge in [0.25, 0.3) is 0 Å². The van der Waals surface area contributed by atoms with Crippen LogP contribution in [0.25, 0.3) is 0 Å². The van der Waals surface area contributed by atoms with E-state index < -0.39 is 0 Å². The summed E-state index contributed by atoms with van der Waals surface area (Å²) < 4.78 is 0. The Bertz CT molecular complexity index is 714. The van der Waals surface area contributed by atoms with Crippen LogP contribution in [0.3, 0.4) is 0 Å². The van der Waals surface area contributed by atoms with Crippen LogP contribution in [0, 0.1) is 5.92 Å². The van der Waals surface area contributed by atoms with Gasteiger partial charge in [0.2, 0.25) is 11.8 Å². The molecule has 6 nitrogen and oxygen atoms in total.